The summed E-state index contributed by atoms with van der Waals surface area (Å²) in [6.07, 6.45) is -0.964. The molecule has 11 heavy (non-hydrogen) atoms. The average Bonchev–Trinajstić information content (AvgIpc) is 2.18. The molecule has 0 N–H and O–H groups in total. The Labute approximate surface area is 80.7 Å². The Hall–Kier alpha value is 0.0900. The first-order chi connectivity index (χ1) is 5.11. The lowest BCUT2D eigenvalue weighted by molar-refractivity contribution is 0.122. The molecular weight excluding hydrogens is 288 g/mol. The van der Waals surface area contributed by atoms with Crippen LogP contribution in [0.25, 0.3) is 0 Å². The molecular formula is C5H4ClF2IN2. The molecule has 0 aromatic carbocycles. The number of alkyl halides is 2. The SMILES string of the molecule is FC(F)Cn1ncc(I)c1Cl. The van der Waals surface area contributed by atoms with Crippen molar-refractivity contribution in [2.24, 2.45) is 0 Å². The van der Waals surface area contributed by atoms with Crippen molar-refractivity contribution in [3.63, 3.8) is 0 Å². The van der Waals surface area contributed by atoms with E-state index in [1.54, 1.807) is 0 Å². The van der Waals surface area contributed by atoms with E-state index in [0.717, 1.165) is 4.68 Å². The summed E-state index contributed by atoms with van der Waals surface area (Å²) in [4.78, 5) is 0. The number of nitrogens with zero attached hydrogens (tertiary/aromatic N) is 2. The molecule has 0 amide bonds. The first-order valence-electron chi connectivity index (χ1n) is 2.76. The van der Waals surface area contributed by atoms with Crippen LogP contribution in [0.5, 0.6) is 0 Å². The van der Waals surface area contributed by atoms with Gasteiger partial charge in [0.2, 0.25) is 0 Å². The maximum absolute atomic E-state index is 11.8. The molecule has 0 fully saturated rings. The molecule has 0 bridgehead atoms. The second-order valence-corrected chi connectivity index (χ2v) is 3.38. The molecule has 1 heterocycles. The Morgan fingerprint density at radius 3 is 2.73 bits per heavy atom. The van der Waals surface area contributed by atoms with Crippen LogP contribution in [0.2, 0.25) is 5.15 Å². The highest BCUT2D eigenvalue weighted by Crippen LogP contribution is 2.17. The molecule has 0 spiro atoms. The summed E-state index contributed by atoms with van der Waals surface area (Å²) in [5, 5.41) is 3.92. The van der Waals surface area contributed by atoms with Crippen molar-refractivity contribution in [2.75, 3.05) is 0 Å². The van der Waals surface area contributed by atoms with Gasteiger partial charge in [-0.05, 0) is 22.6 Å². The summed E-state index contributed by atoms with van der Waals surface area (Å²) >= 11 is 7.54. The Kier molecular flexibility index (Phi) is 3.06. The summed E-state index contributed by atoms with van der Waals surface area (Å²) in [7, 11) is 0. The molecule has 0 atom stereocenters. The summed E-state index contributed by atoms with van der Waals surface area (Å²) < 4.78 is 25.3. The lowest BCUT2D eigenvalue weighted by Gasteiger charge is -2.00. The Bertz CT molecular complexity index is 251. The molecule has 0 aliphatic rings. The second-order valence-electron chi connectivity index (χ2n) is 1.86. The van der Waals surface area contributed by atoms with Crippen LogP contribution in [0.3, 0.4) is 0 Å². The molecule has 1 aromatic heterocycles. The molecule has 6 heteroatoms. The van der Waals surface area contributed by atoms with E-state index in [1.165, 1.54) is 6.20 Å². The van der Waals surface area contributed by atoms with Gasteiger partial charge in [0.25, 0.3) is 6.43 Å². The summed E-state index contributed by atoms with van der Waals surface area (Å²) in [6, 6.07) is 0. The molecule has 0 aliphatic heterocycles. The summed E-state index contributed by atoms with van der Waals surface area (Å²) in [5.74, 6) is 0. The number of hydrogen-bond acceptors (Lipinski definition) is 1. The molecule has 0 saturated heterocycles. The van der Waals surface area contributed by atoms with Gasteiger partial charge in [0.15, 0.2) is 0 Å². The molecule has 2 nitrogen and oxygen atoms in total. The van der Waals surface area contributed by atoms with E-state index in [1.807, 2.05) is 22.6 Å². The van der Waals surface area contributed by atoms with Crippen molar-refractivity contribution < 1.29 is 8.78 Å². The lowest BCUT2D eigenvalue weighted by Crippen LogP contribution is -2.07. The number of rotatable bonds is 2. The third kappa shape index (κ3) is 2.26. The van der Waals surface area contributed by atoms with Gasteiger partial charge in [-0.2, -0.15) is 5.10 Å². The predicted octanol–water partition coefficient (Wildman–Crippen LogP) is 2.41. The van der Waals surface area contributed by atoms with Gasteiger partial charge in [-0.15, -0.1) is 0 Å². The minimum Gasteiger partial charge on any atom is -0.247 e. The molecule has 1 rings (SSSR count). The maximum atomic E-state index is 11.8. The predicted molar refractivity (Wildman–Crippen MR) is 46.0 cm³/mol. The van der Waals surface area contributed by atoms with Crippen LogP contribution in [-0.2, 0) is 6.54 Å². The molecule has 0 aliphatic carbocycles. The van der Waals surface area contributed by atoms with Crippen molar-refractivity contribution in [1.29, 1.82) is 0 Å². The lowest BCUT2D eigenvalue weighted by atomic mass is 10.7. The van der Waals surface area contributed by atoms with Gasteiger partial charge >= 0.3 is 0 Å². The largest absolute Gasteiger partial charge is 0.257 e. The van der Waals surface area contributed by atoms with Gasteiger partial charge in [0.05, 0.1) is 9.77 Å². The highest BCUT2D eigenvalue weighted by atomic mass is 127. The number of hydrogen-bond donors (Lipinski definition) is 0. The highest BCUT2D eigenvalue weighted by molar-refractivity contribution is 14.1. The van der Waals surface area contributed by atoms with Crippen LogP contribution in [-0.4, -0.2) is 16.2 Å². The summed E-state index contributed by atoms with van der Waals surface area (Å²) in [6.45, 7) is -0.443. The van der Waals surface area contributed by atoms with E-state index in [4.69, 9.17) is 11.6 Å². The average molecular weight is 292 g/mol. The zero-order chi connectivity index (χ0) is 8.43. The highest BCUT2D eigenvalue weighted by Gasteiger charge is 2.10. The van der Waals surface area contributed by atoms with Crippen LogP contribution in [0.1, 0.15) is 0 Å². The van der Waals surface area contributed by atoms with Crippen LogP contribution in [0.4, 0.5) is 8.78 Å². The monoisotopic (exact) mass is 292 g/mol. The standard InChI is InChI=1S/C5H4ClF2IN2/c6-5-3(9)1-10-11(5)2-4(7)8/h1,4H,2H2. The van der Waals surface area contributed by atoms with Crippen LogP contribution < -0.4 is 0 Å². The normalized spacial score (nSPS) is 11.0. The van der Waals surface area contributed by atoms with Crippen molar-refractivity contribution in [3.8, 4) is 0 Å². The molecule has 0 saturated carbocycles. The Morgan fingerprint density at radius 1 is 1.73 bits per heavy atom. The molecule has 0 unspecified atom stereocenters. The minimum absolute atomic E-state index is 0.269. The van der Waals surface area contributed by atoms with Crippen molar-refractivity contribution in [3.05, 3.63) is 14.9 Å². The minimum atomic E-state index is -2.41. The van der Waals surface area contributed by atoms with Crippen molar-refractivity contribution in [1.82, 2.24) is 9.78 Å². The van der Waals surface area contributed by atoms with Crippen LogP contribution >= 0.6 is 34.2 Å². The number of halogens is 4. The van der Waals surface area contributed by atoms with Crippen molar-refractivity contribution in [2.45, 2.75) is 13.0 Å². The topological polar surface area (TPSA) is 17.8 Å². The third-order valence-electron chi connectivity index (χ3n) is 1.05. The van der Waals surface area contributed by atoms with Gasteiger partial charge in [-0.3, -0.25) is 0 Å². The zero-order valence-electron chi connectivity index (χ0n) is 5.27. The van der Waals surface area contributed by atoms with Gasteiger partial charge in [-0.25, -0.2) is 13.5 Å². The van der Waals surface area contributed by atoms with E-state index in [9.17, 15) is 8.78 Å². The molecule has 0 radical (unpaired) electrons. The van der Waals surface area contributed by atoms with E-state index < -0.39 is 13.0 Å². The third-order valence-corrected chi connectivity index (χ3v) is 2.55. The maximum Gasteiger partial charge on any atom is 0.257 e. The first kappa shape index (κ1) is 9.18. The van der Waals surface area contributed by atoms with E-state index in [-0.39, 0.29) is 5.15 Å². The van der Waals surface area contributed by atoms with Gasteiger partial charge < -0.3 is 0 Å². The van der Waals surface area contributed by atoms with Gasteiger partial charge in [0, 0.05) is 0 Å². The summed E-state index contributed by atoms with van der Waals surface area (Å²) in [5.41, 5.74) is 0. The fourth-order valence-electron chi connectivity index (χ4n) is 0.606. The van der Waals surface area contributed by atoms with Crippen LogP contribution in [0.15, 0.2) is 6.20 Å². The van der Waals surface area contributed by atoms with E-state index >= 15 is 0 Å². The van der Waals surface area contributed by atoms with E-state index in [2.05, 4.69) is 5.10 Å². The van der Waals surface area contributed by atoms with E-state index in [0.29, 0.717) is 3.57 Å². The number of aromatic nitrogens is 2. The van der Waals surface area contributed by atoms with Crippen molar-refractivity contribution >= 4 is 34.2 Å². The fourth-order valence-corrected chi connectivity index (χ4v) is 1.17. The van der Waals surface area contributed by atoms with Crippen LogP contribution in [0, 0.1) is 3.57 Å². The van der Waals surface area contributed by atoms with Gasteiger partial charge in [-0.1, -0.05) is 11.6 Å². The Balaban J connectivity index is 2.79. The molecule has 62 valence electrons. The zero-order valence-corrected chi connectivity index (χ0v) is 8.18. The quantitative estimate of drug-likeness (QED) is 0.766. The molecule has 1 aromatic rings. The first-order valence-corrected chi connectivity index (χ1v) is 4.22. The Morgan fingerprint density at radius 2 is 2.36 bits per heavy atom. The second kappa shape index (κ2) is 3.66. The van der Waals surface area contributed by atoms with Gasteiger partial charge in [0.1, 0.15) is 11.7 Å². The smallest absolute Gasteiger partial charge is 0.247 e. The fraction of sp³-hybridized carbons (Fsp3) is 0.400.